The molecular formula is C17H18N2O5. The van der Waals surface area contributed by atoms with Crippen LogP contribution in [0.25, 0.3) is 0 Å². The van der Waals surface area contributed by atoms with E-state index in [1.165, 1.54) is 19.3 Å². The van der Waals surface area contributed by atoms with Gasteiger partial charge in [-0.25, -0.2) is 0 Å². The molecule has 1 heterocycles. The molecule has 0 saturated heterocycles. The van der Waals surface area contributed by atoms with Crippen molar-refractivity contribution < 1.29 is 23.5 Å². The zero-order valence-electron chi connectivity index (χ0n) is 13.2. The Kier molecular flexibility index (Phi) is 6.13. The topological polar surface area (TPSA) is 97.6 Å². The Labute approximate surface area is 139 Å². The normalized spacial score (nSPS) is 10.0. The van der Waals surface area contributed by atoms with Crippen molar-refractivity contribution >= 4 is 17.8 Å². The van der Waals surface area contributed by atoms with E-state index >= 15 is 0 Å². The summed E-state index contributed by atoms with van der Waals surface area (Å²) in [6, 6.07) is 9.57. The first-order valence-electron chi connectivity index (χ1n) is 7.44. The fourth-order valence-electron chi connectivity index (χ4n) is 1.96. The monoisotopic (exact) mass is 330 g/mol. The van der Waals surface area contributed by atoms with Crippen LogP contribution in [0.1, 0.15) is 34.3 Å². The average molecular weight is 330 g/mol. The van der Waals surface area contributed by atoms with Crippen LogP contribution in [0, 0.1) is 0 Å². The van der Waals surface area contributed by atoms with Gasteiger partial charge >= 0.3 is 5.97 Å². The summed E-state index contributed by atoms with van der Waals surface area (Å²) in [5.74, 6) is -0.441. The predicted molar refractivity (Wildman–Crippen MR) is 85.7 cm³/mol. The lowest BCUT2D eigenvalue weighted by atomic mass is 10.2. The molecule has 24 heavy (non-hydrogen) atoms. The van der Waals surface area contributed by atoms with Crippen LogP contribution >= 0.6 is 0 Å². The van der Waals surface area contributed by atoms with Crippen LogP contribution in [0.4, 0.5) is 0 Å². The first-order valence-corrected chi connectivity index (χ1v) is 7.44. The van der Waals surface area contributed by atoms with E-state index in [0.29, 0.717) is 30.8 Å². The number of esters is 1. The summed E-state index contributed by atoms with van der Waals surface area (Å²) in [6.45, 7) is 2.10. The van der Waals surface area contributed by atoms with Gasteiger partial charge in [0, 0.05) is 25.6 Å². The summed E-state index contributed by atoms with van der Waals surface area (Å²) in [6.07, 6.45) is 2.00. The zero-order valence-corrected chi connectivity index (χ0v) is 13.2. The third kappa shape index (κ3) is 5.28. The Morgan fingerprint density at radius 2 is 1.79 bits per heavy atom. The van der Waals surface area contributed by atoms with Gasteiger partial charge in [0.25, 0.3) is 11.8 Å². The molecule has 0 aliphatic carbocycles. The fourth-order valence-corrected chi connectivity index (χ4v) is 1.96. The van der Waals surface area contributed by atoms with Gasteiger partial charge in [-0.1, -0.05) is 6.07 Å². The number of amides is 2. The molecule has 0 bridgehead atoms. The van der Waals surface area contributed by atoms with E-state index in [4.69, 9.17) is 9.15 Å². The second-order valence-electron chi connectivity index (χ2n) is 4.96. The first kappa shape index (κ1) is 17.3. The summed E-state index contributed by atoms with van der Waals surface area (Å²) in [7, 11) is 0. The summed E-state index contributed by atoms with van der Waals surface area (Å²) in [5, 5.41) is 5.42. The standard InChI is InChI=1S/C17H18N2O5/c1-12(20)24-14-6-2-5-13(11-14)16(21)18-8-4-9-19-17(22)15-7-3-10-23-15/h2-3,5-7,10-11H,4,8-9H2,1H3,(H,18,21)(H,19,22). The second-order valence-corrected chi connectivity index (χ2v) is 4.96. The minimum atomic E-state index is -0.445. The minimum absolute atomic E-state index is 0.251. The lowest BCUT2D eigenvalue weighted by Gasteiger charge is -2.07. The number of hydrogen-bond donors (Lipinski definition) is 2. The fraction of sp³-hybridized carbons (Fsp3) is 0.235. The van der Waals surface area contributed by atoms with E-state index < -0.39 is 5.97 Å². The molecule has 2 amide bonds. The Balaban J connectivity index is 1.71. The quantitative estimate of drug-likeness (QED) is 0.458. The van der Waals surface area contributed by atoms with Gasteiger partial charge in [-0.2, -0.15) is 0 Å². The summed E-state index contributed by atoms with van der Waals surface area (Å²) in [4.78, 5) is 34.5. The number of hydrogen-bond acceptors (Lipinski definition) is 5. The van der Waals surface area contributed by atoms with Gasteiger partial charge < -0.3 is 19.8 Å². The summed E-state index contributed by atoms with van der Waals surface area (Å²) < 4.78 is 9.90. The molecule has 7 heteroatoms. The molecule has 2 rings (SSSR count). The van der Waals surface area contributed by atoms with Gasteiger partial charge in [0.15, 0.2) is 5.76 Å². The van der Waals surface area contributed by atoms with Crippen LogP contribution in [0.2, 0.25) is 0 Å². The van der Waals surface area contributed by atoms with Crippen LogP contribution in [-0.2, 0) is 4.79 Å². The van der Waals surface area contributed by atoms with Crippen molar-refractivity contribution in [3.8, 4) is 5.75 Å². The molecular weight excluding hydrogens is 312 g/mol. The van der Waals surface area contributed by atoms with Gasteiger partial charge in [0.2, 0.25) is 0 Å². The predicted octanol–water partition coefficient (Wildman–Crippen LogP) is 1.75. The van der Waals surface area contributed by atoms with Crippen LogP contribution in [0.5, 0.6) is 5.75 Å². The molecule has 126 valence electrons. The van der Waals surface area contributed by atoms with Crippen LogP contribution in [-0.4, -0.2) is 30.9 Å². The van der Waals surface area contributed by atoms with Gasteiger partial charge in [0.05, 0.1) is 6.26 Å². The Morgan fingerprint density at radius 1 is 1.04 bits per heavy atom. The Hall–Kier alpha value is -3.09. The van der Waals surface area contributed by atoms with Gasteiger partial charge in [-0.15, -0.1) is 0 Å². The molecule has 1 aromatic carbocycles. The smallest absolute Gasteiger partial charge is 0.308 e. The molecule has 1 aromatic heterocycles. The van der Waals surface area contributed by atoms with Gasteiger partial charge in [-0.05, 0) is 36.8 Å². The molecule has 0 fully saturated rings. The third-order valence-corrected chi connectivity index (χ3v) is 3.03. The Morgan fingerprint density at radius 3 is 2.46 bits per heavy atom. The summed E-state index contributed by atoms with van der Waals surface area (Å²) in [5.41, 5.74) is 0.397. The van der Waals surface area contributed by atoms with E-state index in [1.807, 2.05) is 0 Å². The molecule has 0 atom stereocenters. The van der Waals surface area contributed by atoms with Crippen LogP contribution in [0.15, 0.2) is 47.1 Å². The van der Waals surface area contributed by atoms with Crippen molar-refractivity contribution in [2.75, 3.05) is 13.1 Å². The van der Waals surface area contributed by atoms with Gasteiger partial charge in [-0.3, -0.25) is 14.4 Å². The number of ether oxygens (including phenoxy) is 1. The van der Waals surface area contributed by atoms with Crippen molar-refractivity contribution in [3.05, 3.63) is 54.0 Å². The summed E-state index contributed by atoms with van der Waals surface area (Å²) >= 11 is 0. The van der Waals surface area contributed by atoms with Crippen molar-refractivity contribution in [3.63, 3.8) is 0 Å². The van der Waals surface area contributed by atoms with Crippen molar-refractivity contribution in [1.29, 1.82) is 0 Å². The molecule has 0 aliphatic rings. The molecule has 0 saturated carbocycles. The number of nitrogens with one attached hydrogen (secondary N) is 2. The number of furan rings is 1. The third-order valence-electron chi connectivity index (χ3n) is 3.03. The van der Waals surface area contributed by atoms with Crippen molar-refractivity contribution in [2.24, 2.45) is 0 Å². The number of benzene rings is 1. The maximum atomic E-state index is 12.0. The highest BCUT2D eigenvalue weighted by atomic mass is 16.5. The molecule has 0 aliphatic heterocycles. The van der Waals surface area contributed by atoms with Crippen molar-refractivity contribution in [1.82, 2.24) is 10.6 Å². The molecule has 2 N–H and O–H groups in total. The number of carbonyl (C=O) groups is 3. The maximum absolute atomic E-state index is 12.0. The lowest BCUT2D eigenvalue weighted by Crippen LogP contribution is -2.29. The molecule has 0 radical (unpaired) electrons. The van der Waals surface area contributed by atoms with E-state index in [1.54, 1.807) is 30.3 Å². The minimum Gasteiger partial charge on any atom is -0.459 e. The average Bonchev–Trinajstić information content (AvgIpc) is 3.08. The van der Waals surface area contributed by atoms with E-state index in [9.17, 15) is 14.4 Å². The number of carbonyl (C=O) groups excluding carboxylic acids is 3. The van der Waals surface area contributed by atoms with E-state index in [0.717, 1.165) is 0 Å². The second kappa shape index (κ2) is 8.52. The Bertz CT molecular complexity index is 710. The van der Waals surface area contributed by atoms with E-state index in [2.05, 4.69) is 10.6 Å². The SMILES string of the molecule is CC(=O)Oc1cccc(C(=O)NCCCNC(=O)c2ccco2)c1. The van der Waals surface area contributed by atoms with Crippen LogP contribution in [0.3, 0.4) is 0 Å². The lowest BCUT2D eigenvalue weighted by molar-refractivity contribution is -0.131. The van der Waals surface area contributed by atoms with Gasteiger partial charge in [0.1, 0.15) is 5.75 Å². The largest absolute Gasteiger partial charge is 0.459 e. The van der Waals surface area contributed by atoms with Crippen LogP contribution < -0.4 is 15.4 Å². The maximum Gasteiger partial charge on any atom is 0.308 e. The zero-order chi connectivity index (χ0) is 17.4. The van der Waals surface area contributed by atoms with Crippen molar-refractivity contribution in [2.45, 2.75) is 13.3 Å². The molecule has 2 aromatic rings. The highest BCUT2D eigenvalue weighted by Crippen LogP contribution is 2.13. The highest BCUT2D eigenvalue weighted by molar-refractivity contribution is 5.94. The number of rotatable bonds is 7. The molecule has 0 unspecified atom stereocenters. The first-order chi connectivity index (χ1) is 11.6. The van der Waals surface area contributed by atoms with E-state index in [-0.39, 0.29) is 17.6 Å². The highest BCUT2D eigenvalue weighted by Gasteiger charge is 2.09. The molecule has 7 nitrogen and oxygen atoms in total. The molecule has 0 spiro atoms.